The fraction of sp³-hybridized carbons (Fsp3) is 0.481. The van der Waals surface area contributed by atoms with Crippen molar-refractivity contribution < 1.29 is 10.2 Å². The third kappa shape index (κ3) is 5.75. The number of phenols is 2. The Morgan fingerprint density at radius 3 is 1.61 bits per heavy atom. The van der Waals surface area contributed by atoms with Crippen molar-refractivity contribution >= 4 is 12.4 Å². The lowest BCUT2D eigenvalue weighted by molar-refractivity contribution is 0.473. The molecule has 2 N–H and O–H groups in total. The summed E-state index contributed by atoms with van der Waals surface area (Å²) in [5, 5.41) is 20.5. The van der Waals surface area contributed by atoms with Crippen LogP contribution in [0.5, 0.6) is 11.5 Å². The van der Waals surface area contributed by atoms with Crippen LogP contribution in [0, 0.1) is 0 Å². The van der Waals surface area contributed by atoms with Crippen LogP contribution in [0.25, 0.3) is 0 Å². The maximum atomic E-state index is 10.3. The summed E-state index contributed by atoms with van der Waals surface area (Å²) in [4.78, 5) is 9.59. The van der Waals surface area contributed by atoms with E-state index in [0.717, 1.165) is 43.2 Å². The van der Waals surface area contributed by atoms with Crippen molar-refractivity contribution in [3.63, 3.8) is 0 Å². The molecule has 166 valence electrons. The molecule has 4 atom stereocenters. The molecule has 4 unspecified atom stereocenters. The Kier molecular flexibility index (Phi) is 7.89. The van der Waals surface area contributed by atoms with E-state index in [2.05, 4.69) is 27.7 Å². The van der Waals surface area contributed by atoms with Crippen LogP contribution in [-0.4, -0.2) is 34.7 Å². The number of rotatable bonds is 8. The van der Waals surface area contributed by atoms with Crippen LogP contribution < -0.4 is 0 Å². The first-order valence-electron chi connectivity index (χ1n) is 11.6. The SMILES string of the molecule is CCC(C)c1ccc(O)c(C=NC2CCCC2N=Cc2cc(C(C)CC)ccc2O)c1. The third-order valence-corrected chi connectivity index (χ3v) is 6.72. The van der Waals surface area contributed by atoms with Gasteiger partial charge in [0.05, 0.1) is 12.1 Å². The maximum absolute atomic E-state index is 10.3. The van der Waals surface area contributed by atoms with Gasteiger partial charge in [-0.3, -0.25) is 9.98 Å². The van der Waals surface area contributed by atoms with Gasteiger partial charge in [0, 0.05) is 23.6 Å². The Bertz CT molecular complexity index is 859. The average Bonchev–Trinajstić information content (AvgIpc) is 3.24. The molecule has 4 nitrogen and oxygen atoms in total. The normalized spacial score (nSPS) is 21.2. The summed E-state index contributed by atoms with van der Waals surface area (Å²) in [6.07, 6.45) is 8.80. The molecule has 1 aliphatic rings. The summed E-state index contributed by atoms with van der Waals surface area (Å²) >= 11 is 0. The second-order valence-electron chi connectivity index (χ2n) is 8.88. The van der Waals surface area contributed by atoms with Crippen molar-refractivity contribution in [2.24, 2.45) is 9.98 Å². The van der Waals surface area contributed by atoms with Gasteiger partial charge in [0.2, 0.25) is 0 Å². The summed E-state index contributed by atoms with van der Waals surface area (Å²) in [5.74, 6) is 1.44. The van der Waals surface area contributed by atoms with E-state index < -0.39 is 0 Å². The van der Waals surface area contributed by atoms with Gasteiger partial charge in [-0.15, -0.1) is 0 Å². The number of hydrogen-bond acceptors (Lipinski definition) is 4. The molecule has 0 saturated heterocycles. The first kappa shape index (κ1) is 23.1. The van der Waals surface area contributed by atoms with E-state index in [1.54, 1.807) is 24.6 Å². The number of aliphatic imine (C=N–C) groups is 2. The van der Waals surface area contributed by atoms with Gasteiger partial charge in [0.1, 0.15) is 11.5 Å². The van der Waals surface area contributed by atoms with Crippen LogP contribution in [0.15, 0.2) is 46.4 Å². The highest BCUT2D eigenvalue weighted by Gasteiger charge is 2.25. The minimum Gasteiger partial charge on any atom is -0.507 e. The number of benzene rings is 2. The summed E-state index contributed by atoms with van der Waals surface area (Å²) < 4.78 is 0. The molecule has 1 fully saturated rings. The molecule has 4 heteroatoms. The molecule has 0 aromatic heterocycles. The monoisotopic (exact) mass is 420 g/mol. The van der Waals surface area contributed by atoms with E-state index >= 15 is 0 Å². The van der Waals surface area contributed by atoms with Crippen molar-refractivity contribution in [1.29, 1.82) is 0 Å². The second kappa shape index (κ2) is 10.6. The fourth-order valence-corrected chi connectivity index (χ4v) is 4.06. The standard InChI is InChI=1S/C27H36N2O2/c1-5-18(3)20-10-12-26(30)22(14-20)16-28-24-8-7-9-25(24)29-17-23-15-21(19(4)6-2)11-13-27(23)31/h10-19,24-25,30-31H,5-9H2,1-4H3. The topological polar surface area (TPSA) is 65.2 Å². The zero-order valence-corrected chi connectivity index (χ0v) is 19.3. The van der Waals surface area contributed by atoms with Gasteiger partial charge in [-0.25, -0.2) is 0 Å². The molecule has 1 saturated carbocycles. The molecule has 31 heavy (non-hydrogen) atoms. The zero-order chi connectivity index (χ0) is 22.4. The summed E-state index contributed by atoms with van der Waals surface area (Å²) in [6, 6.07) is 11.8. The molecule has 0 radical (unpaired) electrons. The quantitative estimate of drug-likeness (QED) is 0.473. The lowest BCUT2D eigenvalue weighted by Crippen LogP contribution is -2.16. The molecule has 0 spiro atoms. The van der Waals surface area contributed by atoms with E-state index in [-0.39, 0.29) is 23.6 Å². The molecule has 1 aliphatic carbocycles. The number of aromatic hydroxyl groups is 2. The summed E-state index contributed by atoms with van der Waals surface area (Å²) in [6.45, 7) is 8.73. The summed E-state index contributed by atoms with van der Waals surface area (Å²) in [7, 11) is 0. The lowest BCUT2D eigenvalue weighted by Gasteiger charge is -2.13. The largest absolute Gasteiger partial charge is 0.507 e. The Morgan fingerprint density at radius 2 is 1.23 bits per heavy atom. The molecule has 2 aromatic carbocycles. The Morgan fingerprint density at radius 1 is 0.806 bits per heavy atom. The molecule has 2 aromatic rings. The first-order valence-corrected chi connectivity index (χ1v) is 11.6. The van der Waals surface area contributed by atoms with E-state index in [1.165, 1.54) is 11.1 Å². The summed E-state index contributed by atoms with van der Waals surface area (Å²) in [5.41, 5.74) is 3.98. The fourth-order valence-electron chi connectivity index (χ4n) is 4.06. The van der Waals surface area contributed by atoms with Gasteiger partial charge < -0.3 is 10.2 Å². The first-order chi connectivity index (χ1) is 14.9. The Balaban J connectivity index is 1.75. The highest BCUT2D eigenvalue weighted by atomic mass is 16.3. The van der Waals surface area contributed by atoms with Crippen LogP contribution >= 0.6 is 0 Å². The van der Waals surface area contributed by atoms with Crippen molar-refractivity contribution in [2.45, 2.75) is 83.7 Å². The average molecular weight is 421 g/mol. The predicted octanol–water partition coefficient (Wildman–Crippen LogP) is 6.58. The lowest BCUT2D eigenvalue weighted by atomic mass is 9.96. The minimum atomic E-state index is 0.0998. The van der Waals surface area contributed by atoms with Crippen molar-refractivity contribution in [1.82, 2.24) is 0 Å². The number of nitrogens with zero attached hydrogens (tertiary/aromatic N) is 2. The van der Waals surface area contributed by atoms with Gasteiger partial charge in [-0.1, -0.05) is 39.8 Å². The highest BCUT2D eigenvalue weighted by Crippen LogP contribution is 2.28. The maximum Gasteiger partial charge on any atom is 0.124 e. The molecule has 0 bridgehead atoms. The van der Waals surface area contributed by atoms with Crippen molar-refractivity contribution in [2.75, 3.05) is 0 Å². The van der Waals surface area contributed by atoms with Gasteiger partial charge in [0.15, 0.2) is 0 Å². The molecule has 3 rings (SSSR count). The van der Waals surface area contributed by atoms with Crippen LogP contribution in [0.1, 0.15) is 93.9 Å². The molecular weight excluding hydrogens is 384 g/mol. The van der Waals surface area contributed by atoms with E-state index in [1.807, 2.05) is 24.3 Å². The highest BCUT2D eigenvalue weighted by molar-refractivity contribution is 5.85. The molecule has 0 aliphatic heterocycles. The van der Waals surface area contributed by atoms with E-state index in [4.69, 9.17) is 9.98 Å². The van der Waals surface area contributed by atoms with Gasteiger partial charge >= 0.3 is 0 Å². The predicted molar refractivity (Wildman–Crippen MR) is 130 cm³/mol. The van der Waals surface area contributed by atoms with Crippen LogP contribution in [-0.2, 0) is 0 Å². The Labute approximate surface area is 186 Å². The number of phenolic OH excluding ortho intramolecular Hbond substituents is 2. The van der Waals surface area contributed by atoms with E-state index in [0.29, 0.717) is 11.8 Å². The van der Waals surface area contributed by atoms with Crippen molar-refractivity contribution in [3.8, 4) is 11.5 Å². The van der Waals surface area contributed by atoms with Crippen molar-refractivity contribution in [3.05, 3.63) is 58.7 Å². The minimum absolute atomic E-state index is 0.0998. The van der Waals surface area contributed by atoms with E-state index in [9.17, 15) is 10.2 Å². The Hall–Kier alpha value is -2.62. The van der Waals surface area contributed by atoms with Gasteiger partial charge in [-0.05, 0) is 79.3 Å². The molecule has 0 heterocycles. The van der Waals surface area contributed by atoms with Gasteiger partial charge in [0.25, 0.3) is 0 Å². The second-order valence-corrected chi connectivity index (χ2v) is 8.88. The molecule has 0 amide bonds. The molecular formula is C27H36N2O2. The third-order valence-electron chi connectivity index (χ3n) is 6.72. The van der Waals surface area contributed by atoms with Crippen LogP contribution in [0.4, 0.5) is 0 Å². The zero-order valence-electron chi connectivity index (χ0n) is 19.3. The number of hydrogen-bond donors (Lipinski definition) is 2. The smallest absolute Gasteiger partial charge is 0.124 e. The van der Waals surface area contributed by atoms with Crippen LogP contribution in [0.2, 0.25) is 0 Å². The van der Waals surface area contributed by atoms with Crippen LogP contribution in [0.3, 0.4) is 0 Å². The van der Waals surface area contributed by atoms with Gasteiger partial charge in [-0.2, -0.15) is 0 Å².